The SMILES string of the molecule is NC(=O)C1CC(=O)N(c2c(F)cc(Br)cc2Cl)C1. The molecule has 1 unspecified atom stereocenters. The lowest BCUT2D eigenvalue weighted by molar-refractivity contribution is -0.123. The molecule has 0 radical (unpaired) electrons. The Labute approximate surface area is 116 Å². The summed E-state index contributed by atoms with van der Waals surface area (Å²) in [7, 11) is 0. The third kappa shape index (κ3) is 2.35. The van der Waals surface area contributed by atoms with Crippen molar-refractivity contribution in [2.24, 2.45) is 11.7 Å². The molecule has 18 heavy (non-hydrogen) atoms. The average molecular weight is 336 g/mol. The topological polar surface area (TPSA) is 63.4 Å². The number of carbonyl (C=O) groups excluding carboxylic acids is 2. The van der Waals surface area contributed by atoms with Crippen molar-refractivity contribution >= 4 is 45.0 Å². The van der Waals surface area contributed by atoms with Gasteiger partial charge in [-0.15, -0.1) is 0 Å². The van der Waals surface area contributed by atoms with Gasteiger partial charge in [-0.2, -0.15) is 0 Å². The Bertz CT molecular complexity index is 515. The highest BCUT2D eigenvalue weighted by Crippen LogP contribution is 2.35. The highest BCUT2D eigenvalue weighted by atomic mass is 79.9. The van der Waals surface area contributed by atoms with E-state index in [4.69, 9.17) is 17.3 Å². The van der Waals surface area contributed by atoms with Crippen LogP contribution in [-0.2, 0) is 9.59 Å². The van der Waals surface area contributed by atoms with E-state index in [9.17, 15) is 14.0 Å². The number of benzene rings is 1. The molecule has 0 spiro atoms. The van der Waals surface area contributed by atoms with Gasteiger partial charge in [0.25, 0.3) is 0 Å². The normalized spacial score (nSPS) is 19.4. The number of rotatable bonds is 2. The van der Waals surface area contributed by atoms with Crippen molar-refractivity contribution in [3.05, 3.63) is 27.4 Å². The van der Waals surface area contributed by atoms with Crippen molar-refractivity contribution in [2.75, 3.05) is 11.4 Å². The van der Waals surface area contributed by atoms with E-state index in [-0.39, 0.29) is 29.6 Å². The molecule has 7 heteroatoms. The fourth-order valence-electron chi connectivity index (χ4n) is 1.91. The lowest BCUT2D eigenvalue weighted by Crippen LogP contribution is -2.29. The fraction of sp³-hybridized carbons (Fsp3) is 0.273. The quantitative estimate of drug-likeness (QED) is 0.899. The standard InChI is InChI=1S/C11H9BrClFN2O2/c12-6-2-7(13)10(8(14)3-6)16-4-5(11(15)18)1-9(16)17/h2-3,5H,1,4H2,(H2,15,18). The van der Waals surface area contributed by atoms with Gasteiger partial charge >= 0.3 is 0 Å². The maximum atomic E-state index is 13.8. The first-order valence-electron chi connectivity index (χ1n) is 5.14. The lowest BCUT2D eigenvalue weighted by atomic mass is 10.1. The predicted molar refractivity (Wildman–Crippen MR) is 68.8 cm³/mol. The molecule has 0 aromatic heterocycles. The molecule has 1 aromatic rings. The summed E-state index contributed by atoms with van der Waals surface area (Å²) < 4.78 is 14.3. The number of primary amides is 1. The van der Waals surface area contributed by atoms with Crippen LogP contribution in [0.2, 0.25) is 5.02 Å². The Morgan fingerprint density at radius 1 is 1.56 bits per heavy atom. The van der Waals surface area contributed by atoms with Crippen molar-refractivity contribution in [1.82, 2.24) is 0 Å². The first-order chi connectivity index (χ1) is 8.40. The third-order valence-corrected chi connectivity index (χ3v) is 3.52. The Morgan fingerprint density at radius 3 is 2.72 bits per heavy atom. The number of nitrogens with zero attached hydrogens (tertiary/aromatic N) is 1. The first kappa shape index (κ1) is 13.3. The summed E-state index contributed by atoms with van der Waals surface area (Å²) >= 11 is 9.03. The molecular formula is C11H9BrClFN2O2. The maximum Gasteiger partial charge on any atom is 0.227 e. The van der Waals surface area contributed by atoms with Crippen LogP contribution < -0.4 is 10.6 Å². The van der Waals surface area contributed by atoms with Crippen LogP contribution in [0.4, 0.5) is 10.1 Å². The van der Waals surface area contributed by atoms with Gasteiger partial charge in [-0.3, -0.25) is 9.59 Å². The lowest BCUT2D eigenvalue weighted by Gasteiger charge is -2.18. The van der Waals surface area contributed by atoms with Crippen LogP contribution in [0.3, 0.4) is 0 Å². The summed E-state index contributed by atoms with van der Waals surface area (Å²) in [5.74, 6) is -2.15. The summed E-state index contributed by atoms with van der Waals surface area (Å²) in [5, 5.41) is 0.111. The molecule has 1 saturated heterocycles. The third-order valence-electron chi connectivity index (χ3n) is 2.78. The van der Waals surface area contributed by atoms with Gasteiger partial charge in [0.15, 0.2) is 0 Å². The molecule has 1 atom stereocenters. The molecule has 1 aliphatic rings. The summed E-state index contributed by atoms with van der Waals surface area (Å²) in [6.07, 6.45) is -0.0127. The number of hydrogen-bond donors (Lipinski definition) is 1. The highest BCUT2D eigenvalue weighted by molar-refractivity contribution is 9.10. The van der Waals surface area contributed by atoms with Crippen molar-refractivity contribution in [3.63, 3.8) is 0 Å². The number of carbonyl (C=O) groups is 2. The zero-order valence-corrected chi connectivity index (χ0v) is 11.5. The van der Waals surface area contributed by atoms with Crippen LogP contribution in [0, 0.1) is 11.7 Å². The largest absolute Gasteiger partial charge is 0.369 e. The second-order valence-corrected chi connectivity index (χ2v) is 5.35. The molecule has 0 bridgehead atoms. The van der Waals surface area contributed by atoms with Gasteiger partial charge < -0.3 is 10.6 Å². The van der Waals surface area contributed by atoms with Gasteiger partial charge in [-0.1, -0.05) is 27.5 Å². The zero-order chi connectivity index (χ0) is 13.4. The number of halogens is 3. The van der Waals surface area contributed by atoms with Crippen molar-refractivity contribution in [3.8, 4) is 0 Å². The van der Waals surface area contributed by atoms with E-state index in [1.54, 1.807) is 0 Å². The molecule has 2 N–H and O–H groups in total. The predicted octanol–water partition coefficient (Wildman–Crippen LogP) is 2.08. The van der Waals surface area contributed by atoms with E-state index >= 15 is 0 Å². The molecule has 96 valence electrons. The van der Waals surface area contributed by atoms with Crippen molar-refractivity contribution in [1.29, 1.82) is 0 Å². The van der Waals surface area contributed by atoms with Gasteiger partial charge in [0.05, 0.1) is 16.6 Å². The smallest absolute Gasteiger partial charge is 0.227 e. The Balaban J connectivity index is 2.39. The molecule has 1 fully saturated rings. The van der Waals surface area contributed by atoms with E-state index in [1.807, 2.05) is 0 Å². The average Bonchev–Trinajstić information content (AvgIpc) is 2.59. The van der Waals surface area contributed by atoms with Gasteiger partial charge in [0.2, 0.25) is 11.8 Å². The minimum Gasteiger partial charge on any atom is -0.369 e. The van der Waals surface area contributed by atoms with Gasteiger partial charge in [-0.05, 0) is 12.1 Å². The molecule has 1 aliphatic heterocycles. The molecule has 0 saturated carbocycles. The molecule has 4 nitrogen and oxygen atoms in total. The molecule has 1 heterocycles. The van der Waals surface area contributed by atoms with E-state index < -0.39 is 17.6 Å². The summed E-state index contributed by atoms with van der Waals surface area (Å²) in [4.78, 5) is 24.0. The van der Waals surface area contributed by atoms with Crippen LogP contribution in [-0.4, -0.2) is 18.4 Å². The second-order valence-electron chi connectivity index (χ2n) is 4.03. The zero-order valence-electron chi connectivity index (χ0n) is 9.12. The van der Waals surface area contributed by atoms with Crippen LogP contribution in [0.15, 0.2) is 16.6 Å². The second kappa shape index (κ2) is 4.85. The number of amides is 2. The number of anilines is 1. The summed E-state index contributed by atoms with van der Waals surface area (Å²) in [6.45, 7) is 0.0619. The molecule has 2 amide bonds. The maximum absolute atomic E-state index is 13.8. The highest BCUT2D eigenvalue weighted by Gasteiger charge is 2.36. The number of hydrogen-bond acceptors (Lipinski definition) is 2. The van der Waals surface area contributed by atoms with E-state index in [0.717, 1.165) is 0 Å². The van der Waals surface area contributed by atoms with Crippen molar-refractivity contribution in [2.45, 2.75) is 6.42 Å². The molecule has 2 rings (SSSR count). The monoisotopic (exact) mass is 334 g/mol. The Hall–Kier alpha value is -1.14. The van der Waals surface area contributed by atoms with E-state index in [0.29, 0.717) is 4.47 Å². The molecule has 1 aromatic carbocycles. The van der Waals surface area contributed by atoms with Crippen LogP contribution >= 0.6 is 27.5 Å². The number of nitrogens with two attached hydrogens (primary N) is 1. The summed E-state index contributed by atoms with van der Waals surface area (Å²) in [5.41, 5.74) is 5.14. The van der Waals surface area contributed by atoms with Crippen molar-refractivity contribution < 1.29 is 14.0 Å². The first-order valence-corrected chi connectivity index (χ1v) is 6.31. The van der Waals surface area contributed by atoms with Gasteiger partial charge in [0.1, 0.15) is 5.82 Å². The van der Waals surface area contributed by atoms with Crippen LogP contribution in [0.1, 0.15) is 6.42 Å². The van der Waals surface area contributed by atoms with Gasteiger partial charge in [0, 0.05) is 17.4 Å². The molecular weight excluding hydrogens is 326 g/mol. The van der Waals surface area contributed by atoms with Gasteiger partial charge in [-0.25, -0.2) is 4.39 Å². The Morgan fingerprint density at radius 2 is 2.22 bits per heavy atom. The fourth-order valence-corrected chi connectivity index (χ4v) is 2.78. The van der Waals surface area contributed by atoms with Crippen LogP contribution in [0.25, 0.3) is 0 Å². The minimum atomic E-state index is -0.618. The minimum absolute atomic E-state index is 0.00591. The Kier molecular flexibility index (Phi) is 3.59. The molecule has 0 aliphatic carbocycles. The van der Waals surface area contributed by atoms with E-state index in [2.05, 4.69) is 15.9 Å². The van der Waals surface area contributed by atoms with E-state index in [1.165, 1.54) is 17.0 Å². The summed E-state index contributed by atoms with van der Waals surface area (Å²) in [6, 6.07) is 2.71. The van der Waals surface area contributed by atoms with Crippen LogP contribution in [0.5, 0.6) is 0 Å².